The molecule has 4 aliphatic heterocycles. The number of carbonyl (C=O) groups is 4. The van der Waals surface area contributed by atoms with E-state index in [1.165, 1.54) is 7.11 Å². The lowest BCUT2D eigenvalue weighted by atomic mass is 9.64. The summed E-state index contributed by atoms with van der Waals surface area (Å²) in [6, 6.07) is 35.9. The third-order valence-electron chi connectivity index (χ3n) is 14.0. The molecule has 0 unspecified atom stereocenters. The SMILES string of the molecule is COCCOC(=O)N1C(=O)[C@@]2(c3cc(C#CCn4nnc5ccccc54)ccc31)[C@H](c1cccc(OCCO)c1)N1[C@H](c3ccccc3)[C@H](c3ccccc3)OC(=O)[C@H]1[C@@H]2C(=O)N1CCCCCCC1. The highest BCUT2D eigenvalue weighted by Crippen LogP contribution is 2.66. The van der Waals surface area contributed by atoms with Gasteiger partial charge in [0.2, 0.25) is 11.8 Å². The molecule has 0 saturated carbocycles. The number of rotatable bonds is 11. The van der Waals surface area contributed by atoms with Crippen LogP contribution in [0.25, 0.3) is 11.0 Å². The number of ether oxygens (including phenoxy) is 4. The van der Waals surface area contributed by atoms with Crippen LogP contribution in [0.4, 0.5) is 10.5 Å². The molecule has 5 aromatic carbocycles. The van der Waals surface area contributed by atoms with E-state index in [0.717, 1.165) is 53.6 Å². The standard InChI is InChI=1S/C55H54N6O9/c1-67-33-34-69-54(66)60-44-27-26-37(17-16-30-59-45-25-12-11-24-43(45)56-57-59)35-42(44)55(53(60)65)46(51(63)58-28-13-3-2-4-14-29-58)48-52(64)70-49(39-20-9-6-10-21-39)47(38-18-7-5-8-19-38)61(48)50(55)40-22-15-23-41(36-40)68-32-31-62/h5-12,15,18-27,35-36,46-50,62H,2-4,13-14,28-34H2,1H3/t46-,47-,48-,49+,50+,55-/m1/s1. The number of fused-ring (bicyclic) bond motifs is 4. The number of aliphatic hydroxyl groups excluding tert-OH is 1. The average molecular weight is 943 g/mol. The number of likely N-dealkylation sites (tertiary alicyclic amines) is 1. The largest absolute Gasteiger partial charge is 0.491 e. The van der Waals surface area contributed by atoms with E-state index >= 15 is 14.4 Å². The van der Waals surface area contributed by atoms with Crippen LogP contribution in [0, 0.1) is 17.8 Å². The minimum atomic E-state index is -1.99. The second kappa shape index (κ2) is 20.3. The Balaban J connectivity index is 1.25. The summed E-state index contributed by atoms with van der Waals surface area (Å²) >= 11 is 0. The van der Waals surface area contributed by atoms with Crippen molar-refractivity contribution in [1.82, 2.24) is 24.8 Å². The lowest BCUT2D eigenvalue weighted by molar-refractivity contribution is -0.179. The third kappa shape index (κ3) is 8.35. The fourth-order valence-electron chi connectivity index (χ4n) is 11.1. The Morgan fingerprint density at radius 1 is 0.786 bits per heavy atom. The fourth-order valence-corrected chi connectivity index (χ4v) is 11.1. The maximum atomic E-state index is 16.6. The zero-order chi connectivity index (χ0) is 48.2. The van der Waals surface area contributed by atoms with Gasteiger partial charge in [0.1, 0.15) is 48.6 Å². The van der Waals surface area contributed by atoms with Gasteiger partial charge in [-0.1, -0.05) is 121 Å². The number of anilines is 1. The Morgan fingerprint density at radius 2 is 1.50 bits per heavy atom. The summed E-state index contributed by atoms with van der Waals surface area (Å²) in [6.07, 6.45) is 2.51. The molecule has 15 heteroatoms. The van der Waals surface area contributed by atoms with Crippen molar-refractivity contribution in [2.45, 2.75) is 68.3 Å². The summed E-state index contributed by atoms with van der Waals surface area (Å²) in [5.41, 5.74) is 2.61. The van der Waals surface area contributed by atoms with Crippen molar-refractivity contribution in [1.29, 1.82) is 0 Å². The predicted octanol–water partition coefficient (Wildman–Crippen LogP) is 7.10. The summed E-state index contributed by atoms with van der Waals surface area (Å²) in [5.74, 6) is 3.69. The van der Waals surface area contributed by atoms with Crippen LogP contribution in [0.3, 0.4) is 0 Å². The number of amides is 3. The Hall–Kier alpha value is -7.38. The Labute approximate surface area is 405 Å². The van der Waals surface area contributed by atoms with E-state index in [1.54, 1.807) is 46.0 Å². The van der Waals surface area contributed by atoms with Gasteiger partial charge >= 0.3 is 12.1 Å². The number of nitrogens with zero attached hydrogens (tertiary/aromatic N) is 6. The number of aliphatic hydroxyl groups is 1. The van der Waals surface area contributed by atoms with Gasteiger partial charge in [-0.3, -0.25) is 19.3 Å². The molecule has 1 N–H and O–H groups in total. The van der Waals surface area contributed by atoms with Gasteiger partial charge in [0.25, 0.3) is 0 Å². The summed E-state index contributed by atoms with van der Waals surface area (Å²) in [6.45, 7) is 0.699. The molecule has 1 aromatic heterocycles. The smallest absolute Gasteiger partial charge is 0.421 e. The molecule has 70 heavy (non-hydrogen) atoms. The Kier molecular flexibility index (Phi) is 13.4. The molecule has 1 spiro atoms. The number of cyclic esters (lactones) is 1. The second-order valence-electron chi connectivity index (χ2n) is 18.0. The molecular formula is C55H54N6O9. The maximum absolute atomic E-state index is 16.6. The maximum Gasteiger partial charge on any atom is 0.421 e. The number of hydrogen-bond acceptors (Lipinski definition) is 12. The lowest BCUT2D eigenvalue weighted by Gasteiger charge is -2.46. The van der Waals surface area contributed by atoms with Gasteiger partial charge in [-0.2, -0.15) is 0 Å². The highest BCUT2D eigenvalue weighted by molar-refractivity contribution is 6.23. The zero-order valence-corrected chi connectivity index (χ0v) is 38.9. The van der Waals surface area contributed by atoms with E-state index < -0.39 is 59.4 Å². The molecule has 3 saturated heterocycles. The van der Waals surface area contributed by atoms with Crippen molar-refractivity contribution >= 4 is 40.6 Å². The number of morpholine rings is 1. The zero-order valence-electron chi connectivity index (χ0n) is 38.9. The van der Waals surface area contributed by atoms with E-state index in [9.17, 15) is 9.90 Å². The van der Waals surface area contributed by atoms with Gasteiger partial charge in [0.15, 0.2) is 0 Å². The van der Waals surface area contributed by atoms with Crippen molar-refractivity contribution in [3.63, 3.8) is 0 Å². The first-order chi connectivity index (χ1) is 34.3. The van der Waals surface area contributed by atoms with E-state index in [1.807, 2.05) is 95.9 Å². The number of hydrogen-bond donors (Lipinski definition) is 1. The summed E-state index contributed by atoms with van der Waals surface area (Å²) < 4.78 is 25.4. The van der Waals surface area contributed by atoms with Gasteiger partial charge in [0.05, 0.1) is 42.4 Å². The number of imide groups is 1. The number of benzene rings is 5. The fraction of sp³-hybridized carbons (Fsp3) is 0.345. The molecule has 0 aliphatic carbocycles. The lowest BCUT2D eigenvalue weighted by Crippen LogP contribution is -2.56. The van der Waals surface area contributed by atoms with E-state index in [0.29, 0.717) is 41.1 Å². The molecule has 15 nitrogen and oxygen atoms in total. The molecule has 3 amide bonds. The highest BCUT2D eigenvalue weighted by atomic mass is 16.6. The topological polar surface area (TPSA) is 166 Å². The van der Waals surface area contributed by atoms with Crippen LogP contribution in [0.5, 0.6) is 5.75 Å². The Bertz CT molecular complexity index is 2950. The number of para-hydroxylation sites is 1. The van der Waals surface area contributed by atoms with Crippen molar-refractivity contribution in [2.24, 2.45) is 5.92 Å². The molecule has 6 aromatic rings. The van der Waals surface area contributed by atoms with Crippen LogP contribution in [-0.2, 0) is 40.6 Å². The van der Waals surface area contributed by atoms with Crippen LogP contribution >= 0.6 is 0 Å². The van der Waals surface area contributed by atoms with E-state index in [4.69, 9.17) is 18.9 Å². The summed E-state index contributed by atoms with van der Waals surface area (Å²) in [4.78, 5) is 67.9. The van der Waals surface area contributed by atoms with Crippen LogP contribution in [0.15, 0.2) is 127 Å². The van der Waals surface area contributed by atoms with Crippen molar-refractivity contribution < 1.29 is 43.2 Å². The Morgan fingerprint density at radius 3 is 2.26 bits per heavy atom. The van der Waals surface area contributed by atoms with Crippen LogP contribution in [0.2, 0.25) is 0 Å². The molecule has 4 aliphatic rings. The van der Waals surface area contributed by atoms with E-state index in [-0.39, 0.29) is 38.7 Å². The number of carbonyl (C=O) groups excluding carboxylic acids is 4. The van der Waals surface area contributed by atoms with Crippen LogP contribution in [-0.4, -0.2) is 106 Å². The monoisotopic (exact) mass is 942 g/mol. The minimum absolute atomic E-state index is 0.00794. The quantitative estimate of drug-likeness (QED) is 0.0798. The molecule has 10 rings (SSSR count). The molecule has 3 fully saturated rings. The molecule has 358 valence electrons. The van der Waals surface area contributed by atoms with Gasteiger partial charge < -0.3 is 29.0 Å². The summed E-state index contributed by atoms with van der Waals surface area (Å²) in [5, 5.41) is 18.4. The first-order valence-electron chi connectivity index (χ1n) is 24.0. The number of aromatic nitrogens is 3. The predicted molar refractivity (Wildman–Crippen MR) is 258 cm³/mol. The normalized spacial score (nSPS) is 23.2. The third-order valence-corrected chi connectivity index (χ3v) is 14.0. The minimum Gasteiger partial charge on any atom is -0.491 e. The number of methoxy groups -OCH3 is 1. The van der Waals surface area contributed by atoms with Crippen LogP contribution < -0.4 is 9.64 Å². The van der Waals surface area contributed by atoms with Gasteiger partial charge in [-0.25, -0.2) is 14.4 Å². The molecule has 0 bridgehead atoms. The highest BCUT2D eigenvalue weighted by Gasteiger charge is 2.76. The number of esters is 1. The van der Waals surface area contributed by atoms with Gasteiger partial charge in [0, 0.05) is 25.8 Å². The van der Waals surface area contributed by atoms with Gasteiger partial charge in [-0.15, -0.1) is 5.10 Å². The molecule has 5 heterocycles. The first-order valence-corrected chi connectivity index (χ1v) is 24.0. The molecule has 6 atom stereocenters. The van der Waals surface area contributed by atoms with Gasteiger partial charge in [-0.05, 0) is 77.6 Å². The second-order valence-corrected chi connectivity index (χ2v) is 18.0. The average Bonchev–Trinajstić information content (AvgIpc) is 4.02. The van der Waals surface area contributed by atoms with Crippen molar-refractivity contribution in [3.05, 3.63) is 155 Å². The van der Waals surface area contributed by atoms with Crippen molar-refractivity contribution in [2.75, 3.05) is 51.5 Å². The van der Waals surface area contributed by atoms with Crippen molar-refractivity contribution in [3.8, 4) is 17.6 Å². The first kappa shape index (κ1) is 46.4. The summed E-state index contributed by atoms with van der Waals surface area (Å²) in [7, 11) is 1.48. The van der Waals surface area contributed by atoms with E-state index in [2.05, 4.69) is 22.2 Å². The van der Waals surface area contributed by atoms with Crippen LogP contribution in [0.1, 0.15) is 78.1 Å². The molecular weight excluding hydrogens is 889 g/mol. The molecule has 0 radical (unpaired) electrons.